The molecule has 2 aromatic heterocycles. The maximum atomic E-state index is 12.9. The van der Waals surface area contributed by atoms with Gasteiger partial charge in [0, 0.05) is 18.0 Å². The fourth-order valence-corrected chi connectivity index (χ4v) is 1.95. The van der Waals surface area contributed by atoms with Gasteiger partial charge in [-0.3, -0.25) is 0 Å². The Morgan fingerprint density at radius 1 is 0.826 bits per heavy atom. The Bertz CT molecular complexity index is 758. The number of aromatic nitrogens is 4. The average molecular weight is 310 g/mol. The van der Waals surface area contributed by atoms with Crippen molar-refractivity contribution >= 4 is 0 Å². The van der Waals surface area contributed by atoms with Crippen molar-refractivity contribution in [2.24, 2.45) is 0 Å². The molecule has 116 valence electrons. The highest BCUT2D eigenvalue weighted by Crippen LogP contribution is 2.19. The van der Waals surface area contributed by atoms with Gasteiger partial charge < -0.3 is 4.74 Å². The van der Waals surface area contributed by atoms with Crippen LogP contribution >= 0.6 is 0 Å². The van der Waals surface area contributed by atoms with E-state index in [1.807, 2.05) is 6.92 Å². The second-order valence-electron chi connectivity index (χ2n) is 4.89. The van der Waals surface area contributed by atoms with Crippen molar-refractivity contribution in [2.45, 2.75) is 13.3 Å². The van der Waals surface area contributed by atoms with Gasteiger partial charge in [0.05, 0.1) is 24.6 Å². The molecule has 1 aromatic carbocycles. The summed E-state index contributed by atoms with van der Waals surface area (Å²) in [5, 5.41) is 0. The number of halogens is 1. The van der Waals surface area contributed by atoms with E-state index in [1.165, 1.54) is 12.1 Å². The van der Waals surface area contributed by atoms with Crippen LogP contribution in [-0.2, 0) is 0 Å². The van der Waals surface area contributed by atoms with E-state index >= 15 is 0 Å². The molecule has 0 aliphatic carbocycles. The van der Waals surface area contributed by atoms with E-state index in [0.29, 0.717) is 29.6 Å². The zero-order valence-corrected chi connectivity index (χ0v) is 12.6. The first-order chi connectivity index (χ1) is 11.3. The van der Waals surface area contributed by atoms with E-state index in [2.05, 4.69) is 19.9 Å². The van der Waals surface area contributed by atoms with E-state index in [4.69, 9.17) is 4.74 Å². The number of ether oxygens (including phenoxy) is 1. The Balaban J connectivity index is 1.77. The normalized spacial score (nSPS) is 10.5. The smallest absolute Gasteiger partial charge is 0.162 e. The quantitative estimate of drug-likeness (QED) is 0.721. The third-order valence-electron chi connectivity index (χ3n) is 3.11. The van der Waals surface area contributed by atoms with Crippen LogP contribution in [0.2, 0.25) is 0 Å². The van der Waals surface area contributed by atoms with Gasteiger partial charge in [0.25, 0.3) is 0 Å². The Morgan fingerprint density at radius 2 is 1.39 bits per heavy atom. The van der Waals surface area contributed by atoms with Crippen LogP contribution in [0.4, 0.5) is 4.39 Å². The maximum Gasteiger partial charge on any atom is 0.162 e. The first kappa shape index (κ1) is 15.0. The van der Waals surface area contributed by atoms with Gasteiger partial charge >= 0.3 is 0 Å². The summed E-state index contributed by atoms with van der Waals surface area (Å²) in [6.07, 6.45) is 7.49. The lowest BCUT2D eigenvalue weighted by Gasteiger charge is -2.05. The topological polar surface area (TPSA) is 60.8 Å². The van der Waals surface area contributed by atoms with Gasteiger partial charge in [-0.25, -0.2) is 24.3 Å². The molecule has 0 saturated heterocycles. The molecule has 3 aromatic rings. The lowest BCUT2D eigenvalue weighted by molar-refractivity contribution is 0.315. The molecule has 0 spiro atoms. The molecule has 0 saturated carbocycles. The Morgan fingerprint density at radius 3 is 2.00 bits per heavy atom. The molecule has 2 heterocycles. The molecule has 0 N–H and O–H groups in total. The van der Waals surface area contributed by atoms with Crippen LogP contribution in [-0.4, -0.2) is 26.5 Å². The summed E-state index contributed by atoms with van der Waals surface area (Å²) in [4.78, 5) is 17.1. The van der Waals surface area contributed by atoms with Gasteiger partial charge in [-0.1, -0.05) is 6.92 Å². The summed E-state index contributed by atoms with van der Waals surface area (Å²) in [5.74, 6) is 1.40. The van der Waals surface area contributed by atoms with Crippen LogP contribution in [0.3, 0.4) is 0 Å². The fourth-order valence-electron chi connectivity index (χ4n) is 1.95. The Kier molecular flexibility index (Phi) is 4.52. The van der Waals surface area contributed by atoms with E-state index in [0.717, 1.165) is 12.0 Å². The molecule has 0 unspecified atom stereocenters. The highest BCUT2D eigenvalue weighted by molar-refractivity contribution is 5.58. The molecule has 0 aliphatic rings. The molecule has 0 atom stereocenters. The molecule has 3 rings (SSSR count). The Hall–Kier alpha value is -2.89. The zero-order chi connectivity index (χ0) is 16.1. The SMILES string of the molecule is CCCOc1cnc(-c2cnc(-c3ccc(F)cc3)nc2)nc1. The minimum absolute atomic E-state index is 0.288. The lowest BCUT2D eigenvalue weighted by Crippen LogP contribution is -1.98. The second-order valence-corrected chi connectivity index (χ2v) is 4.89. The molecule has 6 heteroatoms. The highest BCUT2D eigenvalue weighted by atomic mass is 19.1. The van der Waals surface area contributed by atoms with Crippen LogP contribution in [0.25, 0.3) is 22.8 Å². The molecule has 0 radical (unpaired) electrons. The summed E-state index contributed by atoms with van der Waals surface area (Å²) < 4.78 is 18.4. The predicted molar refractivity (Wildman–Crippen MR) is 84.2 cm³/mol. The number of hydrogen-bond donors (Lipinski definition) is 0. The number of hydrogen-bond acceptors (Lipinski definition) is 5. The van der Waals surface area contributed by atoms with Gasteiger partial charge in [0.15, 0.2) is 17.4 Å². The summed E-state index contributed by atoms with van der Waals surface area (Å²) in [6, 6.07) is 6.04. The zero-order valence-electron chi connectivity index (χ0n) is 12.6. The Labute approximate surface area is 133 Å². The van der Waals surface area contributed by atoms with Gasteiger partial charge in [0.1, 0.15) is 5.82 Å². The van der Waals surface area contributed by atoms with Crippen molar-refractivity contribution in [3.63, 3.8) is 0 Å². The van der Waals surface area contributed by atoms with Crippen LogP contribution in [0.1, 0.15) is 13.3 Å². The molecule has 0 amide bonds. The molecule has 0 fully saturated rings. The fraction of sp³-hybridized carbons (Fsp3) is 0.176. The number of nitrogens with zero attached hydrogens (tertiary/aromatic N) is 4. The van der Waals surface area contributed by atoms with Crippen LogP contribution in [0.5, 0.6) is 5.75 Å². The van der Waals surface area contributed by atoms with Gasteiger partial charge in [-0.15, -0.1) is 0 Å². The molecule has 5 nitrogen and oxygen atoms in total. The summed E-state index contributed by atoms with van der Waals surface area (Å²) >= 11 is 0. The van der Waals surface area contributed by atoms with Crippen molar-refractivity contribution in [3.05, 3.63) is 54.9 Å². The van der Waals surface area contributed by atoms with E-state index in [-0.39, 0.29) is 5.82 Å². The van der Waals surface area contributed by atoms with Crippen molar-refractivity contribution in [1.29, 1.82) is 0 Å². The third-order valence-corrected chi connectivity index (χ3v) is 3.11. The number of benzene rings is 1. The molecular formula is C17H15FN4O. The largest absolute Gasteiger partial charge is 0.490 e. The van der Waals surface area contributed by atoms with Crippen molar-refractivity contribution in [3.8, 4) is 28.5 Å². The maximum absolute atomic E-state index is 12.9. The van der Waals surface area contributed by atoms with E-state index < -0.39 is 0 Å². The van der Waals surface area contributed by atoms with Gasteiger partial charge in [-0.2, -0.15) is 0 Å². The summed E-state index contributed by atoms with van der Waals surface area (Å²) in [6.45, 7) is 2.67. The van der Waals surface area contributed by atoms with E-state index in [1.54, 1.807) is 36.9 Å². The number of rotatable bonds is 5. The van der Waals surface area contributed by atoms with Crippen LogP contribution in [0, 0.1) is 5.82 Å². The molecule has 23 heavy (non-hydrogen) atoms. The summed E-state index contributed by atoms with van der Waals surface area (Å²) in [7, 11) is 0. The first-order valence-corrected chi connectivity index (χ1v) is 7.29. The molecule has 0 bridgehead atoms. The predicted octanol–water partition coefficient (Wildman–Crippen LogP) is 3.53. The van der Waals surface area contributed by atoms with E-state index in [9.17, 15) is 4.39 Å². The highest BCUT2D eigenvalue weighted by Gasteiger charge is 2.06. The van der Waals surface area contributed by atoms with Crippen molar-refractivity contribution in [2.75, 3.05) is 6.61 Å². The first-order valence-electron chi connectivity index (χ1n) is 7.29. The second kappa shape index (κ2) is 6.91. The monoisotopic (exact) mass is 310 g/mol. The van der Waals surface area contributed by atoms with Crippen molar-refractivity contribution in [1.82, 2.24) is 19.9 Å². The van der Waals surface area contributed by atoms with Gasteiger partial charge in [0.2, 0.25) is 0 Å². The minimum atomic E-state index is -0.288. The minimum Gasteiger partial charge on any atom is -0.490 e. The molecular weight excluding hydrogens is 295 g/mol. The third kappa shape index (κ3) is 3.66. The van der Waals surface area contributed by atoms with Crippen LogP contribution in [0.15, 0.2) is 49.1 Å². The summed E-state index contributed by atoms with van der Waals surface area (Å²) in [5.41, 5.74) is 1.46. The standard InChI is InChI=1S/C17H15FN4O/c1-2-7-23-15-10-21-17(22-11-15)13-8-19-16(20-9-13)12-3-5-14(18)6-4-12/h3-6,8-11H,2,7H2,1H3. The van der Waals surface area contributed by atoms with Gasteiger partial charge in [-0.05, 0) is 30.7 Å². The van der Waals surface area contributed by atoms with Crippen molar-refractivity contribution < 1.29 is 9.13 Å². The van der Waals surface area contributed by atoms with Crippen LogP contribution < -0.4 is 4.74 Å². The molecule has 0 aliphatic heterocycles. The average Bonchev–Trinajstić information content (AvgIpc) is 2.61. The lowest BCUT2D eigenvalue weighted by atomic mass is 10.2.